The van der Waals surface area contributed by atoms with Crippen molar-refractivity contribution in [2.24, 2.45) is 5.92 Å². The van der Waals surface area contributed by atoms with Gasteiger partial charge in [0.05, 0.1) is 0 Å². The molecule has 1 saturated carbocycles. The quantitative estimate of drug-likeness (QED) is 0.711. The molecule has 0 aromatic heterocycles. The van der Waals surface area contributed by atoms with E-state index >= 15 is 0 Å². The Morgan fingerprint density at radius 2 is 2.00 bits per heavy atom. The first-order valence-electron chi connectivity index (χ1n) is 7.31. The molecule has 0 aromatic rings. The van der Waals surface area contributed by atoms with Gasteiger partial charge in [0.25, 0.3) is 0 Å². The van der Waals surface area contributed by atoms with E-state index in [1.165, 1.54) is 0 Å². The number of carbonyl (C=O) groups excluding carboxylic acids is 2. The lowest BCUT2D eigenvalue weighted by molar-refractivity contribution is -0.150. The van der Waals surface area contributed by atoms with E-state index in [2.05, 4.69) is 17.6 Å². The monoisotopic (exact) mass is 282 g/mol. The van der Waals surface area contributed by atoms with E-state index < -0.39 is 17.6 Å². The molecule has 1 heterocycles. The van der Waals surface area contributed by atoms with Gasteiger partial charge in [-0.2, -0.15) is 0 Å². The lowest BCUT2D eigenvalue weighted by Crippen LogP contribution is -2.59. The molecule has 2 aliphatic rings. The molecule has 0 bridgehead atoms. The molecule has 1 aliphatic carbocycles. The van der Waals surface area contributed by atoms with E-state index in [0.717, 1.165) is 19.3 Å². The number of carbonyl (C=O) groups is 3. The fourth-order valence-electron chi connectivity index (χ4n) is 3.10. The SMILES string of the molecule is CCC1CCC(NC(=O)C2CCC(=O)N2)(C(=O)O)CC1. The van der Waals surface area contributed by atoms with E-state index in [1.54, 1.807) is 0 Å². The molecule has 6 nitrogen and oxygen atoms in total. The topological polar surface area (TPSA) is 95.5 Å². The maximum absolute atomic E-state index is 12.1. The Hall–Kier alpha value is -1.59. The number of hydrogen-bond donors (Lipinski definition) is 3. The van der Waals surface area contributed by atoms with Crippen LogP contribution in [0.15, 0.2) is 0 Å². The highest BCUT2D eigenvalue weighted by Crippen LogP contribution is 2.34. The minimum Gasteiger partial charge on any atom is -0.480 e. The second-order valence-electron chi connectivity index (χ2n) is 5.89. The molecule has 2 rings (SSSR count). The van der Waals surface area contributed by atoms with Crippen LogP contribution in [0.4, 0.5) is 0 Å². The number of aliphatic carboxylic acids is 1. The number of hydrogen-bond acceptors (Lipinski definition) is 3. The van der Waals surface area contributed by atoms with Crippen molar-refractivity contribution in [1.82, 2.24) is 10.6 Å². The molecule has 0 aromatic carbocycles. The van der Waals surface area contributed by atoms with Gasteiger partial charge in [0.1, 0.15) is 11.6 Å². The van der Waals surface area contributed by atoms with Crippen LogP contribution in [0.25, 0.3) is 0 Å². The summed E-state index contributed by atoms with van der Waals surface area (Å²) in [5, 5.41) is 14.8. The second-order valence-corrected chi connectivity index (χ2v) is 5.89. The second kappa shape index (κ2) is 5.81. The molecule has 20 heavy (non-hydrogen) atoms. The molecule has 1 atom stereocenters. The van der Waals surface area contributed by atoms with Crippen molar-refractivity contribution in [3.05, 3.63) is 0 Å². The third kappa shape index (κ3) is 2.94. The summed E-state index contributed by atoms with van der Waals surface area (Å²) in [6, 6.07) is -0.581. The Bertz CT molecular complexity index is 413. The molecule has 0 spiro atoms. The van der Waals surface area contributed by atoms with E-state index in [1.807, 2.05) is 0 Å². The largest absolute Gasteiger partial charge is 0.480 e. The molecule has 1 saturated heterocycles. The van der Waals surface area contributed by atoms with Crippen molar-refractivity contribution in [3.63, 3.8) is 0 Å². The summed E-state index contributed by atoms with van der Waals surface area (Å²) in [4.78, 5) is 34.9. The van der Waals surface area contributed by atoms with E-state index in [-0.39, 0.29) is 11.8 Å². The zero-order chi connectivity index (χ0) is 14.8. The molecular weight excluding hydrogens is 260 g/mol. The van der Waals surface area contributed by atoms with Crippen LogP contribution in [-0.2, 0) is 14.4 Å². The Balaban J connectivity index is 2.01. The molecule has 1 aliphatic heterocycles. The molecule has 2 fully saturated rings. The van der Waals surface area contributed by atoms with E-state index in [0.29, 0.717) is 31.6 Å². The number of amides is 2. The van der Waals surface area contributed by atoms with Gasteiger partial charge in [-0.15, -0.1) is 0 Å². The third-order valence-electron chi connectivity index (χ3n) is 4.62. The maximum atomic E-state index is 12.1. The van der Waals surface area contributed by atoms with Crippen molar-refractivity contribution in [2.75, 3.05) is 0 Å². The highest BCUT2D eigenvalue weighted by Gasteiger charge is 2.44. The zero-order valence-corrected chi connectivity index (χ0v) is 11.8. The van der Waals surface area contributed by atoms with E-state index in [9.17, 15) is 19.5 Å². The summed E-state index contributed by atoms with van der Waals surface area (Å²) >= 11 is 0. The van der Waals surface area contributed by atoms with Gasteiger partial charge < -0.3 is 15.7 Å². The fraction of sp³-hybridized carbons (Fsp3) is 0.786. The number of carboxylic acids is 1. The van der Waals surface area contributed by atoms with Gasteiger partial charge in [-0.1, -0.05) is 13.3 Å². The predicted octanol–water partition coefficient (Wildman–Crippen LogP) is 0.805. The van der Waals surface area contributed by atoms with Crippen LogP contribution in [0, 0.1) is 5.92 Å². The first kappa shape index (κ1) is 14.8. The van der Waals surface area contributed by atoms with Crippen molar-refractivity contribution in [2.45, 2.75) is 63.5 Å². The molecule has 3 N–H and O–H groups in total. The molecule has 1 unspecified atom stereocenters. The molecule has 6 heteroatoms. The lowest BCUT2D eigenvalue weighted by Gasteiger charge is -2.37. The average molecular weight is 282 g/mol. The first-order valence-corrected chi connectivity index (χ1v) is 7.31. The number of carboxylic acid groups (broad SMARTS) is 1. The van der Waals surface area contributed by atoms with Crippen LogP contribution in [0.3, 0.4) is 0 Å². The van der Waals surface area contributed by atoms with Crippen LogP contribution < -0.4 is 10.6 Å². The minimum absolute atomic E-state index is 0.149. The number of nitrogens with one attached hydrogen (secondary N) is 2. The molecule has 2 amide bonds. The maximum Gasteiger partial charge on any atom is 0.329 e. The Kier molecular flexibility index (Phi) is 4.30. The van der Waals surface area contributed by atoms with Gasteiger partial charge in [0, 0.05) is 6.42 Å². The van der Waals surface area contributed by atoms with Crippen molar-refractivity contribution in [1.29, 1.82) is 0 Å². The minimum atomic E-state index is -1.16. The van der Waals surface area contributed by atoms with Crippen LogP contribution in [0.5, 0.6) is 0 Å². The summed E-state index contributed by atoms with van der Waals surface area (Å²) in [5.41, 5.74) is -1.16. The van der Waals surface area contributed by atoms with Gasteiger partial charge in [-0.25, -0.2) is 4.79 Å². The van der Waals surface area contributed by atoms with Crippen LogP contribution in [-0.4, -0.2) is 34.5 Å². The first-order chi connectivity index (χ1) is 9.47. The Labute approximate surface area is 118 Å². The Morgan fingerprint density at radius 1 is 1.35 bits per heavy atom. The van der Waals surface area contributed by atoms with Crippen molar-refractivity contribution >= 4 is 17.8 Å². The average Bonchev–Trinajstić information content (AvgIpc) is 2.86. The smallest absolute Gasteiger partial charge is 0.329 e. The highest BCUT2D eigenvalue weighted by molar-refractivity contribution is 5.94. The van der Waals surface area contributed by atoms with Crippen LogP contribution in [0.1, 0.15) is 51.9 Å². The van der Waals surface area contributed by atoms with Gasteiger partial charge in [-0.05, 0) is 38.0 Å². The normalized spacial score (nSPS) is 33.5. The summed E-state index contributed by atoms with van der Waals surface area (Å²) < 4.78 is 0. The van der Waals surface area contributed by atoms with Crippen LogP contribution in [0.2, 0.25) is 0 Å². The van der Waals surface area contributed by atoms with Gasteiger partial charge >= 0.3 is 5.97 Å². The number of rotatable bonds is 4. The summed E-state index contributed by atoms with van der Waals surface area (Å²) in [7, 11) is 0. The highest BCUT2D eigenvalue weighted by atomic mass is 16.4. The molecular formula is C14H22N2O4. The zero-order valence-electron chi connectivity index (χ0n) is 11.8. The summed E-state index contributed by atoms with van der Waals surface area (Å²) in [6.07, 6.45) is 4.39. The van der Waals surface area contributed by atoms with Crippen LogP contribution >= 0.6 is 0 Å². The van der Waals surface area contributed by atoms with Crippen molar-refractivity contribution < 1.29 is 19.5 Å². The van der Waals surface area contributed by atoms with Gasteiger partial charge in [0.15, 0.2) is 0 Å². The molecule has 112 valence electrons. The summed E-state index contributed by atoms with van der Waals surface area (Å²) in [5.74, 6) is -0.937. The van der Waals surface area contributed by atoms with Gasteiger partial charge in [-0.3, -0.25) is 9.59 Å². The fourth-order valence-corrected chi connectivity index (χ4v) is 3.10. The van der Waals surface area contributed by atoms with Gasteiger partial charge in [0.2, 0.25) is 11.8 Å². The predicted molar refractivity (Wildman–Crippen MR) is 71.9 cm³/mol. The third-order valence-corrected chi connectivity index (χ3v) is 4.62. The van der Waals surface area contributed by atoms with Crippen molar-refractivity contribution in [3.8, 4) is 0 Å². The lowest BCUT2D eigenvalue weighted by atomic mass is 9.75. The molecule has 0 radical (unpaired) electrons. The van der Waals surface area contributed by atoms with E-state index in [4.69, 9.17) is 0 Å². The summed E-state index contributed by atoms with van der Waals surface area (Å²) in [6.45, 7) is 2.10. The Morgan fingerprint density at radius 3 is 2.45 bits per heavy atom. The standard InChI is InChI=1S/C14H22N2O4/c1-2-9-5-7-14(8-6-9,13(19)20)16-12(18)10-3-4-11(17)15-10/h9-10H,2-8H2,1H3,(H,15,17)(H,16,18)(H,19,20).